The Bertz CT molecular complexity index is 1150. The smallest absolute Gasteiger partial charge is 0.179 e. The van der Waals surface area contributed by atoms with E-state index >= 15 is 0 Å². The lowest BCUT2D eigenvalue weighted by Crippen LogP contribution is -2.43. The van der Waals surface area contributed by atoms with Gasteiger partial charge in [-0.1, -0.05) is 0 Å². The number of methoxy groups -OCH3 is 1. The van der Waals surface area contributed by atoms with Crippen LogP contribution in [0.1, 0.15) is 24.1 Å². The van der Waals surface area contributed by atoms with Gasteiger partial charge in [0.1, 0.15) is 24.8 Å². The van der Waals surface area contributed by atoms with Gasteiger partial charge in [-0.25, -0.2) is 4.39 Å². The highest BCUT2D eigenvalue weighted by molar-refractivity contribution is 5.83. The number of likely N-dealkylation sites (tertiary alicyclic amines) is 1. The molecule has 0 radical (unpaired) electrons. The van der Waals surface area contributed by atoms with Crippen LogP contribution < -0.4 is 14.2 Å². The van der Waals surface area contributed by atoms with Gasteiger partial charge < -0.3 is 19.1 Å². The Balaban J connectivity index is 1.16. The number of rotatable bonds is 7. The van der Waals surface area contributed by atoms with Gasteiger partial charge in [-0.05, 0) is 57.6 Å². The van der Waals surface area contributed by atoms with Crippen LogP contribution in [-0.4, -0.2) is 72.8 Å². The monoisotopic (exact) mass is 466 g/mol. The van der Waals surface area contributed by atoms with Crippen molar-refractivity contribution in [1.82, 2.24) is 19.8 Å². The van der Waals surface area contributed by atoms with E-state index < -0.39 is 0 Å². The van der Waals surface area contributed by atoms with Gasteiger partial charge in [0.15, 0.2) is 11.5 Å². The van der Waals surface area contributed by atoms with E-state index in [1.807, 2.05) is 24.3 Å². The predicted octanol–water partition coefficient (Wildman–Crippen LogP) is 3.69. The van der Waals surface area contributed by atoms with Gasteiger partial charge in [-0.2, -0.15) is 0 Å². The summed E-state index contributed by atoms with van der Waals surface area (Å²) >= 11 is 0. The van der Waals surface area contributed by atoms with Crippen molar-refractivity contribution in [1.29, 1.82) is 0 Å². The average molecular weight is 467 g/mol. The third kappa shape index (κ3) is 4.93. The Kier molecular flexibility index (Phi) is 6.78. The second-order valence-electron chi connectivity index (χ2n) is 9.02. The lowest BCUT2D eigenvalue weighted by molar-refractivity contribution is 0.122. The lowest BCUT2D eigenvalue weighted by Gasteiger charge is -2.36. The Hall–Kier alpha value is -2.97. The topological polar surface area (TPSA) is 60.0 Å². The van der Waals surface area contributed by atoms with E-state index in [2.05, 4.69) is 26.8 Å². The Labute approximate surface area is 199 Å². The van der Waals surface area contributed by atoms with Gasteiger partial charge in [0.25, 0.3) is 0 Å². The number of piperidine rings is 1. The van der Waals surface area contributed by atoms with Gasteiger partial charge in [-0.15, -0.1) is 0 Å². The molecule has 0 N–H and O–H groups in total. The van der Waals surface area contributed by atoms with E-state index in [1.54, 1.807) is 13.3 Å². The highest BCUT2D eigenvalue weighted by atomic mass is 19.1. The molecule has 5 rings (SSSR count). The molecule has 34 heavy (non-hydrogen) atoms. The van der Waals surface area contributed by atoms with Crippen LogP contribution in [0.2, 0.25) is 0 Å². The highest BCUT2D eigenvalue weighted by Crippen LogP contribution is 2.30. The minimum Gasteiger partial charge on any atom is -0.497 e. The summed E-state index contributed by atoms with van der Waals surface area (Å²) in [7, 11) is 3.78. The van der Waals surface area contributed by atoms with E-state index in [4.69, 9.17) is 14.2 Å². The Morgan fingerprint density at radius 3 is 2.68 bits per heavy atom. The molecule has 2 aliphatic heterocycles. The molecular formula is C26H31FN4O3. The molecule has 1 fully saturated rings. The van der Waals surface area contributed by atoms with Crippen molar-refractivity contribution >= 4 is 10.9 Å². The van der Waals surface area contributed by atoms with Gasteiger partial charge in [0.2, 0.25) is 0 Å². The third-order valence-electron chi connectivity index (χ3n) is 6.89. The first-order valence-corrected chi connectivity index (χ1v) is 11.9. The molecule has 0 atom stereocenters. The predicted molar refractivity (Wildman–Crippen MR) is 128 cm³/mol. The maximum Gasteiger partial charge on any atom is 0.179 e. The van der Waals surface area contributed by atoms with Crippen molar-refractivity contribution < 1.29 is 18.6 Å². The van der Waals surface area contributed by atoms with E-state index in [0.29, 0.717) is 31.2 Å². The number of halogens is 1. The number of benzene rings is 1. The summed E-state index contributed by atoms with van der Waals surface area (Å²) in [5, 5.41) is 0.834. The minimum absolute atomic E-state index is 0.248. The molecule has 0 spiro atoms. The molecule has 0 bridgehead atoms. The molecule has 0 unspecified atom stereocenters. The van der Waals surface area contributed by atoms with E-state index in [1.165, 1.54) is 6.20 Å². The Morgan fingerprint density at radius 1 is 1.09 bits per heavy atom. The number of pyridine rings is 2. The molecule has 0 amide bonds. The molecule has 0 saturated carbocycles. The van der Waals surface area contributed by atoms with Crippen LogP contribution in [0, 0.1) is 5.82 Å². The normalized spacial score (nSPS) is 16.8. The van der Waals surface area contributed by atoms with Crippen molar-refractivity contribution in [3.8, 4) is 17.2 Å². The van der Waals surface area contributed by atoms with Crippen LogP contribution in [0.25, 0.3) is 10.9 Å². The van der Waals surface area contributed by atoms with Crippen molar-refractivity contribution in [3.63, 3.8) is 0 Å². The number of hydrogen-bond acceptors (Lipinski definition) is 7. The molecule has 3 aromatic rings. The summed E-state index contributed by atoms with van der Waals surface area (Å²) in [5.41, 5.74) is 2.50. The largest absolute Gasteiger partial charge is 0.497 e. The van der Waals surface area contributed by atoms with Crippen molar-refractivity contribution in [2.45, 2.75) is 31.8 Å². The zero-order valence-electron chi connectivity index (χ0n) is 19.8. The SMILES string of the molecule is COc1ccc2ncc(F)c(CCN3CCC(N(C)Cc4cc5c(cn4)OCCO5)CC3)c2c1. The lowest BCUT2D eigenvalue weighted by atomic mass is 10.0. The van der Waals surface area contributed by atoms with Crippen LogP contribution in [0.3, 0.4) is 0 Å². The number of aromatic nitrogens is 2. The minimum atomic E-state index is -0.248. The second kappa shape index (κ2) is 10.1. The van der Waals surface area contributed by atoms with Crippen LogP contribution in [0.5, 0.6) is 17.2 Å². The van der Waals surface area contributed by atoms with Crippen molar-refractivity contribution in [2.24, 2.45) is 0 Å². The quantitative estimate of drug-likeness (QED) is 0.526. The van der Waals surface area contributed by atoms with E-state index in [9.17, 15) is 4.39 Å². The molecule has 4 heterocycles. The zero-order chi connectivity index (χ0) is 23.5. The van der Waals surface area contributed by atoms with Gasteiger partial charge in [0, 0.05) is 36.1 Å². The Morgan fingerprint density at radius 2 is 1.88 bits per heavy atom. The first-order valence-electron chi connectivity index (χ1n) is 11.9. The summed E-state index contributed by atoms with van der Waals surface area (Å²) in [6.07, 6.45) is 5.90. The molecule has 0 aliphatic carbocycles. The molecule has 7 nitrogen and oxygen atoms in total. The van der Waals surface area contributed by atoms with Crippen LogP contribution in [-0.2, 0) is 13.0 Å². The molecule has 2 aromatic heterocycles. The standard InChI is InChI=1S/C26H31FN4O3/c1-30(17-18-13-25-26(16-28-18)34-12-11-33-25)19-5-8-31(9-6-19)10-7-21-22-14-20(32-2)3-4-24(22)29-15-23(21)27/h3-4,13-16,19H,5-12,17H2,1-2H3. The summed E-state index contributed by atoms with van der Waals surface area (Å²) < 4.78 is 31.2. The summed E-state index contributed by atoms with van der Waals surface area (Å²) in [4.78, 5) is 13.6. The van der Waals surface area contributed by atoms with Gasteiger partial charge in [0.05, 0.1) is 30.7 Å². The summed E-state index contributed by atoms with van der Waals surface area (Å²) in [5.74, 6) is 1.98. The molecule has 2 aliphatic rings. The first-order chi connectivity index (χ1) is 16.6. The highest BCUT2D eigenvalue weighted by Gasteiger charge is 2.24. The van der Waals surface area contributed by atoms with Crippen LogP contribution >= 0.6 is 0 Å². The zero-order valence-corrected chi connectivity index (χ0v) is 19.8. The van der Waals surface area contributed by atoms with Gasteiger partial charge >= 0.3 is 0 Å². The second-order valence-corrected chi connectivity index (χ2v) is 9.02. The van der Waals surface area contributed by atoms with Crippen molar-refractivity contribution in [2.75, 3.05) is 47.0 Å². The number of nitrogens with zero attached hydrogens (tertiary/aromatic N) is 4. The molecule has 1 aromatic carbocycles. The third-order valence-corrected chi connectivity index (χ3v) is 6.89. The number of hydrogen-bond donors (Lipinski definition) is 0. The average Bonchev–Trinajstić information content (AvgIpc) is 2.88. The van der Waals surface area contributed by atoms with Gasteiger partial charge in [-0.3, -0.25) is 14.9 Å². The maximum atomic E-state index is 14.6. The molecule has 1 saturated heterocycles. The van der Waals surface area contributed by atoms with Crippen molar-refractivity contribution in [3.05, 3.63) is 53.7 Å². The summed E-state index contributed by atoms with van der Waals surface area (Å²) in [6, 6.07) is 8.11. The van der Waals surface area contributed by atoms with Crippen LogP contribution in [0.15, 0.2) is 36.7 Å². The van der Waals surface area contributed by atoms with E-state index in [-0.39, 0.29) is 5.82 Å². The number of fused-ring (bicyclic) bond motifs is 2. The maximum absolute atomic E-state index is 14.6. The van der Waals surface area contributed by atoms with E-state index in [0.717, 1.165) is 72.9 Å². The number of ether oxygens (including phenoxy) is 3. The fraction of sp³-hybridized carbons (Fsp3) is 0.462. The van der Waals surface area contributed by atoms with Crippen LogP contribution in [0.4, 0.5) is 4.39 Å². The molecular weight excluding hydrogens is 435 g/mol. The summed E-state index contributed by atoms with van der Waals surface area (Å²) in [6.45, 7) is 4.75. The first kappa shape index (κ1) is 22.8. The molecule has 180 valence electrons. The fourth-order valence-corrected chi connectivity index (χ4v) is 4.90. The fourth-order valence-electron chi connectivity index (χ4n) is 4.90. The molecule has 8 heteroatoms.